The zero-order chi connectivity index (χ0) is 15.5. The summed E-state index contributed by atoms with van der Waals surface area (Å²) in [6.07, 6.45) is 0. The molecule has 21 heavy (non-hydrogen) atoms. The fourth-order valence-corrected chi connectivity index (χ4v) is 3.43. The summed E-state index contributed by atoms with van der Waals surface area (Å²) in [4.78, 5) is 0.124. The van der Waals surface area contributed by atoms with Gasteiger partial charge in [0.15, 0.2) is 0 Å². The highest BCUT2D eigenvalue weighted by atomic mass is 32.2. The van der Waals surface area contributed by atoms with Crippen LogP contribution in [0.2, 0.25) is 0 Å². The Balaban J connectivity index is 2.33. The lowest BCUT2D eigenvalue weighted by Crippen LogP contribution is -2.13. The number of nitrogens with one attached hydrogen (secondary N) is 1. The van der Waals surface area contributed by atoms with Gasteiger partial charge in [0.05, 0.1) is 10.6 Å². The van der Waals surface area contributed by atoms with E-state index in [9.17, 15) is 17.2 Å². The Kier molecular flexibility index (Phi) is 4.69. The van der Waals surface area contributed by atoms with Crippen molar-refractivity contribution in [1.29, 1.82) is 0 Å². The molecule has 3 N–H and O–H groups in total. The molecule has 0 bridgehead atoms. The predicted molar refractivity (Wildman–Crippen MR) is 80.0 cm³/mol. The second-order valence-corrected chi connectivity index (χ2v) is 6.77. The fraction of sp³-hybridized carbons (Fsp3) is 0.0769. The van der Waals surface area contributed by atoms with Gasteiger partial charge in [0.25, 0.3) is 15.8 Å². The summed E-state index contributed by atoms with van der Waals surface area (Å²) in [5.74, 6) is -2.64. The van der Waals surface area contributed by atoms with Crippen molar-refractivity contribution < 1.29 is 17.2 Å². The highest BCUT2D eigenvalue weighted by Crippen LogP contribution is 2.32. The maximum absolute atomic E-state index is 12.5. The van der Waals surface area contributed by atoms with Gasteiger partial charge in [-0.25, -0.2) is 8.42 Å². The number of hydrogen-bond donors (Lipinski definition) is 2. The van der Waals surface area contributed by atoms with Crippen LogP contribution in [0.4, 0.5) is 20.2 Å². The topological polar surface area (TPSA) is 72.2 Å². The van der Waals surface area contributed by atoms with Crippen LogP contribution >= 0.6 is 11.8 Å². The van der Waals surface area contributed by atoms with Gasteiger partial charge >= 0.3 is 0 Å². The molecular formula is C13H12F2N2O2S2. The molecule has 0 atom stereocenters. The van der Waals surface area contributed by atoms with Crippen LogP contribution in [0.1, 0.15) is 0 Å². The molecule has 0 spiro atoms. The van der Waals surface area contributed by atoms with E-state index in [2.05, 4.69) is 4.72 Å². The molecule has 0 aromatic heterocycles. The van der Waals surface area contributed by atoms with Gasteiger partial charge in [-0.05, 0) is 30.3 Å². The van der Waals surface area contributed by atoms with E-state index in [4.69, 9.17) is 5.73 Å². The molecule has 0 saturated carbocycles. The van der Waals surface area contributed by atoms with E-state index in [0.717, 1.165) is 0 Å². The van der Waals surface area contributed by atoms with E-state index in [-0.39, 0.29) is 27.2 Å². The first-order valence-corrected chi connectivity index (χ1v) is 8.17. The van der Waals surface area contributed by atoms with Gasteiger partial charge in [0.2, 0.25) is 0 Å². The highest BCUT2D eigenvalue weighted by molar-refractivity contribution is 7.99. The summed E-state index contributed by atoms with van der Waals surface area (Å²) >= 11 is 0.279. The first-order valence-electron chi connectivity index (χ1n) is 5.81. The van der Waals surface area contributed by atoms with Crippen LogP contribution in [-0.2, 0) is 10.0 Å². The van der Waals surface area contributed by atoms with Crippen molar-refractivity contribution >= 4 is 33.2 Å². The van der Waals surface area contributed by atoms with Crippen molar-refractivity contribution in [2.75, 3.05) is 10.5 Å². The third kappa shape index (κ3) is 4.08. The number of nitrogens with two attached hydrogens (primary N) is 1. The molecule has 4 nitrogen and oxygen atoms in total. The number of nitrogen functional groups attached to an aromatic ring is 1. The minimum absolute atomic E-state index is 0.0284. The van der Waals surface area contributed by atoms with E-state index in [1.807, 2.05) is 0 Å². The Morgan fingerprint density at radius 1 is 1.10 bits per heavy atom. The number of para-hydroxylation sites is 1. The van der Waals surface area contributed by atoms with Crippen molar-refractivity contribution in [2.45, 2.75) is 15.5 Å². The molecule has 0 amide bonds. The number of halogens is 2. The summed E-state index contributed by atoms with van der Waals surface area (Å²) in [7, 11) is -3.88. The summed E-state index contributed by atoms with van der Waals surface area (Å²) in [5.41, 5.74) is 5.95. The number of hydrogen-bond acceptors (Lipinski definition) is 4. The Morgan fingerprint density at radius 3 is 2.48 bits per heavy atom. The van der Waals surface area contributed by atoms with Crippen molar-refractivity contribution in [2.24, 2.45) is 0 Å². The molecule has 0 aliphatic rings. The van der Waals surface area contributed by atoms with Gasteiger partial charge in [-0.15, -0.1) is 0 Å². The van der Waals surface area contributed by atoms with Crippen LogP contribution < -0.4 is 10.5 Å². The molecule has 112 valence electrons. The molecule has 0 aliphatic carbocycles. The van der Waals surface area contributed by atoms with Gasteiger partial charge in [-0.3, -0.25) is 4.72 Å². The van der Waals surface area contributed by atoms with Crippen LogP contribution in [0.25, 0.3) is 0 Å². The van der Waals surface area contributed by atoms with Gasteiger partial charge in [0.1, 0.15) is 0 Å². The zero-order valence-electron chi connectivity index (χ0n) is 10.7. The van der Waals surface area contributed by atoms with Crippen LogP contribution in [-0.4, -0.2) is 14.2 Å². The average molecular weight is 330 g/mol. The Bertz CT molecular complexity index is 736. The molecule has 0 heterocycles. The first kappa shape index (κ1) is 15.6. The van der Waals surface area contributed by atoms with E-state index in [1.54, 1.807) is 18.2 Å². The number of thioether (sulfide) groups is 1. The second kappa shape index (κ2) is 6.31. The molecule has 2 rings (SSSR count). The van der Waals surface area contributed by atoms with Crippen LogP contribution in [0, 0.1) is 0 Å². The third-order valence-electron chi connectivity index (χ3n) is 2.52. The molecule has 0 aliphatic heterocycles. The molecule has 0 saturated heterocycles. The summed E-state index contributed by atoms with van der Waals surface area (Å²) in [6, 6.07) is 11.7. The number of anilines is 2. The van der Waals surface area contributed by atoms with Gasteiger partial charge in [0, 0.05) is 10.6 Å². The van der Waals surface area contributed by atoms with Gasteiger partial charge < -0.3 is 5.73 Å². The van der Waals surface area contributed by atoms with Gasteiger partial charge in [-0.1, -0.05) is 30.0 Å². The number of sulfonamides is 1. The lowest BCUT2D eigenvalue weighted by atomic mass is 10.3. The zero-order valence-corrected chi connectivity index (χ0v) is 12.3. The first-order chi connectivity index (χ1) is 9.88. The second-order valence-electron chi connectivity index (χ2n) is 4.05. The molecule has 0 unspecified atom stereocenters. The van der Waals surface area contributed by atoms with Gasteiger partial charge in [-0.2, -0.15) is 8.78 Å². The van der Waals surface area contributed by atoms with Crippen LogP contribution in [0.5, 0.6) is 0 Å². The fourth-order valence-electron chi connectivity index (χ4n) is 1.64. The number of benzene rings is 2. The Labute approximate surface area is 125 Å². The van der Waals surface area contributed by atoms with E-state index < -0.39 is 15.8 Å². The largest absolute Gasteiger partial charge is 0.399 e. The van der Waals surface area contributed by atoms with Crippen molar-refractivity contribution in [3.63, 3.8) is 0 Å². The van der Waals surface area contributed by atoms with Crippen molar-refractivity contribution in [3.8, 4) is 0 Å². The minimum atomic E-state index is -3.88. The lowest BCUT2D eigenvalue weighted by Gasteiger charge is -2.12. The van der Waals surface area contributed by atoms with E-state index in [1.165, 1.54) is 30.3 Å². The van der Waals surface area contributed by atoms with Crippen molar-refractivity contribution in [3.05, 3.63) is 48.5 Å². The van der Waals surface area contributed by atoms with E-state index in [0.29, 0.717) is 5.69 Å². The minimum Gasteiger partial charge on any atom is -0.399 e. The van der Waals surface area contributed by atoms with Crippen molar-refractivity contribution in [1.82, 2.24) is 0 Å². The number of rotatable bonds is 5. The molecular weight excluding hydrogens is 318 g/mol. The Morgan fingerprint density at radius 2 is 1.81 bits per heavy atom. The maximum atomic E-state index is 12.5. The number of alkyl halides is 2. The summed E-state index contributed by atoms with van der Waals surface area (Å²) in [6.45, 7) is 0. The van der Waals surface area contributed by atoms with E-state index >= 15 is 0 Å². The lowest BCUT2D eigenvalue weighted by molar-refractivity contribution is 0.252. The molecule has 0 fully saturated rings. The predicted octanol–water partition coefficient (Wildman–Crippen LogP) is 3.38. The standard InChI is InChI=1S/C13H12F2N2O2S2/c14-13(15)20-12-7-2-1-6-11(12)17-21(18,19)10-5-3-4-9(16)8-10/h1-8,13,17H,16H2. The summed E-state index contributed by atoms with van der Waals surface area (Å²) in [5, 5.41) is 0. The average Bonchev–Trinajstić information content (AvgIpc) is 2.40. The molecule has 2 aromatic carbocycles. The van der Waals surface area contributed by atoms with Crippen LogP contribution in [0.3, 0.4) is 0 Å². The van der Waals surface area contributed by atoms with Crippen LogP contribution in [0.15, 0.2) is 58.3 Å². The molecule has 2 aromatic rings. The molecule has 8 heteroatoms. The highest BCUT2D eigenvalue weighted by Gasteiger charge is 2.17. The Hall–Kier alpha value is -1.80. The quantitative estimate of drug-likeness (QED) is 0.651. The third-order valence-corrected chi connectivity index (χ3v) is 4.67. The molecule has 0 radical (unpaired) electrons. The smallest absolute Gasteiger partial charge is 0.288 e. The SMILES string of the molecule is Nc1cccc(S(=O)(=O)Nc2ccccc2SC(F)F)c1. The monoisotopic (exact) mass is 330 g/mol. The summed E-state index contributed by atoms with van der Waals surface area (Å²) < 4.78 is 51.7. The maximum Gasteiger partial charge on any atom is 0.288 e. The normalized spacial score (nSPS) is 11.6.